The monoisotopic (exact) mass is 388 g/mol. The van der Waals surface area contributed by atoms with E-state index in [1.165, 1.54) is 19.2 Å². The molecular weight excluding hydrogens is 372 g/mol. The fraction of sp³-hybridized carbons (Fsp3) is 0.0476. The molecule has 0 aliphatic rings. The van der Waals surface area contributed by atoms with E-state index in [1.54, 1.807) is 36.4 Å². The Labute approximate surface area is 165 Å². The Morgan fingerprint density at radius 1 is 1.07 bits per heavy atom. The van der Waals surface area contributed by atoms with Crippen LogP contribution in [0.1, 0.15) is 10.4 Å². The number of esters is 1. The van der Waals surface area contributed by atoms with Crippen molar-refractivity contribution in [2.24, 2.45) is 0 Å². The minimum atomic E-state index is -0.435. The van der Waals surface area contributed by atoms with Crippen LogP contribution in [-0.2, 0) is 4.74 Å². The summed E-state index contributed by atoms with van der Waals surface area (Å²) in [6.07, 6.45) is 1.88. The predicted octanol–water partition coefficient (Wildman–Crippen LogP) is 4.44. The third kappa shape index (κ3) is 3.51. The molecule has 0 atom stereocenters. The Morgan fingerprint density at radius 3 is 2.45 bits per heavy atom. The van der Waals surface area contributed by atoms with Crippen LogP contribution in [0.2, 0.25) is 0 Å². The molecule has 4 rings (SSSR count). The van der Waals surface area contributed by atoms with Gasteiger partial charge >= 0.3 is 5.97 Å². The van der Waals surface area contributed by atoms with Crippen LogP contribution < -0.4 is 5.32 Å². The molecule has 0 radical (unpaired) electrons. The summed E-state index contributed by atoms with van der Waals surface area (Å²) >= 11 is 0. The highest BCUT2D eigenvalue weighted by Gasteiger charge is 2.16. The number of nitrogens with zero attached hydrogens (tertiary/aromatic N) is 3. The quantitative estimate of drug-likeness (QED) is 0.308. The Kier molecular flexibility index (Phi) is 4.66. The SMILES string of the molecule is COC(=O)c1ccc(Nc2c(-c3ccc([N+](=O)[O-])cc3)nc3ccccn23)cc1. The van der Waals surface area contributed by atoms with E-state index in [9.17, 15) is 14.9 Å². The second-order valence-electron chi connectivity index (χ2n) is 6.24. The van der Waals surface area contributed by atoms with Crippen molar-refractivity contribution < 1.29 is 14.5 Å². The zero-order valence-corrected chi connectivity index (χ0v) is 15.4. The van der Waals surface area contributed by atoms with Crippen LogP contribution in [0.3, 0.4) is 0 Å². The molecule has 0 saturated carbocycles. The van der Waals surface area contributed by atoms with E-state index >= 15 is 0 Å². The first-order chi connectivity index (χ1) is 14.1. The fourth-order valence-corrected chi connectivity index (χ4v) is 3.00. The lowest BCUT2D eigenvalue weighted by atomic mass is 10.1. The molecule has 0 saturated heterocycles. The van der Waals surface area contributed by atoms with Crippen molar-refractivity contribution in [2.45, 2.75) is 0 Å². The number of nitro benzene ring substituents is 1. The molecular formula is C21H16N4O4. The van der Waals surface area contributed by atoms with Gasteiger partial charge in [0.25, 0.3) is 5.69 Å². The highest BCUT2D eigenvalue weighted by atomic mass is 16.6. The van der Waals surface area contributed by atoms with Gasteiger partial charge in [-0.2, -0.15) is 0 Å². The zero-order valence-electron chi connectivity index (χ0n) is 15.4. The molecule has 0 bridgehead atoms. The summed E-state index contributed by atoms with van der Waals surface area (Å²) in [6, 6.07) is 18.8. The highest BCUT2D eigenvalue weighted by molar-refractivity contribution is 5.90. The maximum absolute atomic E-state index is 11.6. The van der Waals surface area contributed by atoms with Crippen molar-refractivity contribution in [3.63, 3.8) is 0 Å². The topological polar surface area (TPSA) is 98.8 Å². The van der Waals surface area contributed by atoms with E-state index in [4.69, 9.17) is 4.74 Å². The summed E-state index contributed by atoms with van der Waals surface area (Å²) in [6.45, 7) is 0. The van der Waals surface area contributed by atoms with Crippen molar-refractivity contribution in [3.05, 3.63) is 88.6 Å². The number of hydrogen-bond donors (Lipinski definition) is 1. The first kappa shape index (κ1) is 18.2. The van der Waals surface area contributed by atoms with Crippen LogP contribution in [0.15, 0.2) is 72.9 Å². The standard InChI is InChI=1S/C21H16N4O4/c1-29-21(26)15-5-9-16(10-6-15)22-20-19(23-18-4-2-3-13-24(18)20)14-7-11-17(12-8-14)25(27)28/h2-13,22H,1H3. The molecule has 1 N–H and O–H groups in total. The van der Waals surface area contributed by atoms with Crippen LogP contribution in [0.4, 0.5) is 17.2 Å². The molecule has 2 heterocycles. The summed E-state index contributed by atoms with van der Waals surface area (Å²) in [7, 11) is 1.34. The maximum Gasteiger partial charge on any atom is 0.337 e. The highest BCUT2D eigenvalue weighted by Crippen LogP contribution is 2.32. The smallest absolute Gasteiger partial charge is 0.337 e. The lowest BCUT2D eigenvalue weighted by Crippen LogP contribution is -2.01. The number of aromatic nitrogens is 2. The molecule has 0 spiro atoms. The van der Waals surface area contributed by atoms with Crippen molar-refractivity contribution in [1.29, 1.82) is 0 Å². The second-order valence-corrected chi connectivity index (χ2v) is 6.24. The number of anilines is 2. The van der Waals surface area contributed by atoms with Crippen LogP contribution in [-0.4, -0.2) is 27.4 Å². The molecule has 8 heteroatoms. The zero-order chi connectivity index (χ0) is 20.4. The number of nitrogens with one attached hydrogen (secondary N) is 1. The number of imidazole rings is 1. The number of carbonyl (C=O) groups is 1. The second kappa shape index (κ2) is 7.43. The van der Waals surface area contributed by atoms with Gasteiger partial charge in [-0.05, 0) is 48.5 Å². The number of non-ortho nitro benzene ring substituents is 1. The molecule has 4 aromatic rings. The third-order valence-corrected chi connectivity index (χ3v) is 4.45. The average molecular weight is 388 g/mol. The largest absolute Gasteiger partial charge is 0.465 e. The number of carbonyl (C=O) groups excluding carboxylic acids is 1. The van der Waals surface area contributed by atoms with E-state index in [1.807, 2.05) is 28.8 Å². The number of pyridine rings is 1. The fourth-order valence-electron chi connectivity index (χ4n) is 3.00. The van der Waals surface area contributed by atoms with Gasteiger partial charge in [-0.1, -0.05) is 6.07 Å². The van der Waals surface area contributed by atoms with Gasteiger partial charge in [0.1, 0.15) is 17.2 Å². The molecule has 2 aromatic heterocycles. The van der Waals surface area contributed by atoms with Crippen LogP contribution in [0, 0.1) is 10.1 Å². The number of methoxy groups -OCH3 is 1. The average Bonchev–Trinajstić information content (AvgIpc) is 3.12. The van der Waals surface area contributed by atoms with E-state index in [0.717, 1.165) is 16.9 Å². The Morgan fingerprint density at radius 2 is 1.79 bits per heavy atom. The van der Waals surface area contributed by atoms with Crippen molar-refractivity contribution in [2.75, 3.05) is 12.4 Å². The maximum atomic E-state index is 11.6. The van der Waals surface area contributed by atoms with E-state index in [-0.39, 0.29) is 5.69 Å². The van der Waals surface area contributed by atoms with Gasteiger partial charge in [-0.3, -0.25) is 14.5 Å². The molecule has 0 amide bonds. The van der Waals surface area contributed by atoms with Gasteiger partial charge in [-0.25, -0.2) is 9.78 Å². The molecule has 0 aliphatic heterocycles. The first-order valence-electron chi connectivity index (χ1n) is 8.74. The molecule has 0 unspecified atom stereocenters. The number of ether oxygens (including phenoxy) is 1. The summed E-state index contributed by atoms with van der Waals surface area (Å²) < 4.78 is 6.62. The Balaban J connectivity index is 1.76. The molecule has 2 aromatic carbocycles. The molecule has 29 heavy (non-hydrogen) atoms. The van der Waals surface area contributed by atoms with Crippen molar-refractivity contribution >= 4 is 28.8 Å². The van der Waals surface area contributed by atoms with E-state index in [0.29, 0.717) is 17.1 Å². The normalized spacial score (nSPS) is 10.7. The van der Waals surface area contributed by atoms with Crippen molar-refractivity contribution in [1.82, 2.24) is 9.38 Å². The summed E-state index contributed by atoms with van der Waals surface area (Å²) in [5.74, 6) is 0.304. The number of fused-ring (bicyclic) bond motifs is 1. The van der Waals surface area contributed by atoms with E-state index in [2.05, 4.69) is 10.3 Å². The van der Waals surface area contributed by atoms with E-state index < -0.39 is 10.9 Å². The van der Waals surface area contributed by atoms with Crippen LogP contribution in [0.25, 0.3) is 16.9 Å². The molecule has 0 aliphatic carbocycles. The molecule has 0 fully saturated rings. The Bertz CT molecular complexity index is 1200. The Hall–Kier alpha value is -4.20. The van der Waals surface area contributed by atoms with Gasteiger partial charge in [0.15, 0.2) is 0 Å². The predicted molar refractivity (Wildman–Crippen MR) is 108 cm³/mol. The minimum Gasteiger partial charge on any atom is -0.465 e. The number of rotatable bonds is 5. The van der Waals surface area contributed by atoms with Crippen LogP contribution in [0.5, 0.6) is 0 Å². The number of hydrogen-bond acceptors (Lipinski definition) is 6. The first-order valence-corrected chi connectivity index (χ1v) is 8.74. The summed E-state index contributed by atoms with van der Waals surface area (Å²) in [4.78, 5) is 26.8. The van der Waals surface area contributed by atoms with Gasteiger partial charge < -0.3 is 10.1 Å². The summed E-state index contributed by atoms with van der Waals surface area (Å²) in [5.41, 5.74) is 3.36. The summed E-state index contributed by atoms with van der Waals surface area (Å²) in [5, 5.41) is 14.3. The number of nitro groups is 1. The van der Waals surface area contributed by atoms with Gasteiger partial charge in [0.2, 0.25) is 0 Å². The third-order valence-electron chi connectivity index (χ3n) is 4.45. The lowest BCUT2D eigenvalue weighted by molar-refractivity contribution is -0.384. The van der Waals surface area contributed by atoms with Gasteiger partial charge in [-0.15, -0.1) is 0 Å². The minimum absolute atomic E-state index is 0.0189. The molecule has 144 valence electrons. The van der Waals surface area contributed by atoms with Crippen molar-refractivity contribution in [3.8, 4) is 11.3 Å². The van der Waals surface area contributed by atoms with Gasteiger partial charge in [0, 0.05) is 29.6 Å². The van der Waals surface area contributed by atoms with Crippen LogP contribution >= 0.6 is 0 Å². The number of benzene rings is 2. The lowest BCUT2D eigenvalue weighted by Gasteiger charge is -2.09. The van der Waals surface area contributed by atoms with Gasteiger partial charge in [0.05, 0.1) is 17.6 Å². The molecule has 8 nitrogen and oxygen atoms in total.